The Morgan fingerprint density at radius 3 is 2.55 bits per heavy atom. The number of alkyl halides is 3. The normalized spacial score (nSPS) is 13.3. The van der Waals surface area contributed by atoms with E-state index in [-0.39, 0.29) is 24.8 Å². The fourth-order valence-corrected chi connectivity index (χ4v) is 3.58. The highest BCUT2D eigenvalue weighted by molar-refractivity contribution is 5.85. The Morgan fingerprint density at radius 1 is 1.14 bits per heavy atom. The van der Waals surface area contributed by atoms with Crippen LogP contribution < -0.4 is 10.1 Å². The molecule has 0 spiro atoms. The first-order valence-electron chi connectivity index (χ1n) is 9.10. The number of hydrogen-bond acceptors (Lipinski definition) is 4. The molecule has 1 N–H and O–H groups in total. The average molecular weight is 430 g/mol. The second-order valence-corrected chi connectivity index (χ2v) is 6.56. The first kappa shape index (κ1) is 23.0. The molecule has 2 aromatic rings. The van der Waals surface area contributed by atoms with E-state index in [0.29, 0.717) is 59.7 Å². The third-order valence-electron chi connectivity index (χ3n) is 4.80. The largest absolute Gasteiger partial charge is 0.496 e. The number of carbonyl (C=O) groups excluding carboxylic acids is 1. The number of methoxy groups -OCH3 is 1. The predicted molar refractivity (Wildman–Crippen MR) is 106 cm³/mol. The van der Waals surface area contributed by atoms with Gasteiger partial charge >= 0.3 is 12.1 Å². The van der Waals surface area contributed by atoms with E-state index in [1.54, 1.807) is 25.1 Å². The van der Waals surface area contributed by atoms with Crippen LogP contribution in [0, 0.1) is 0 Å². The number of fused-ring (bicyclic) bond motifs is 1. The van der Waals surface area contributed by atoms with Crippen LogP contribution in [0.25, 0.3) is 11.1 Å². The quantitative estimate of drug-likeness (QED) is 0.708. The molecule has 0 saturated heterocycles. The van der Waals surface area contributed by atoms with Crippen LogP contribution in [-0.2, 0) is 35.1 Å². The molecule has 8 heteroatoms. The third-order valence-corrected chi connectivity index (χ3v) is 4.80. The molecule has 158 valence electrons. The summed E-state index contributed by atoms with van der Waals surface area (Å²) in [6.07, 6.45) is -4.00. The Bertz CT molecular complexity index is 884. The van der Waals surface area contributed by atoms with Gasteiger partial charge in [-0.15, -0.1) is 12.4 Å². The molecule has 1 aliphatic heterocycles. The van der Waals surface area contributed by atoms with E-state index < -0.39 is 11.7 Å². The van der Waals surface area contributed by atoms with Crippen LogP contribution in [0.5, 0.6) is 5.75 Å². The first-order valence-corrected chi connectivity index (χ1v) is 9.10. The van der Waals surface area contributed by atoms with Gasteiger partial charge in [0, 0.05) is 12.1 Å². The summed E-state index contributed by atoms with van der Waals surface area (Å²) in [6, 6.07) is 7.89. The molecule has 0 aliphatic carbocycles. The third kappa shape index (κ3) is 5.03. The maximum Gasteiger partial charge on any atom is 0.416 e. The number of carbonyl (C=O) groups is 1. The zero-order valence-corrected chi connectivity index (χ0v) is 17.0. The standard InChI is InChI=1S/C21H22F3NO3.ClH/c1-3-28-20(26)11-13-4-7-19(27-2)16(10-13)14-5-6-18(21(22,23)24)15-8-9-25-12-17(14)15;/h4-7,10,25H,3,8-9,11-12H2,1-2H3;1H. The van der Waals surface area contributed by atoms with Gasteiger partial charge in [0.1, 0.15) is 5.75 Å². The summed E-state index contributed by atoms with van der Waals surface area (Å²) in [5, 5.41) is 3.15. The molecule has 1 aliphatic rings. The SMILES string of the molecule is CCOC(=O)Cc1ccc(OC)c(-c2ccc(C(F)(F)F)c3c2CNCC3)c1.Cl. The van der Waals surface area contributed by atoms with Crippen LogP contribution >= 0.6 is 12.4 Å². The molecule has 0 aromatic heterocycles. The Kier molecular flexibility index (Phi) is 7.54. The van der Waals surface area contributed by atoms with Gasteiger partial charge in [-0.1, -0.05) is 12.1 Å². The molecule has 4 nitrogen and oxygen atoms in total. The van der Waals surface area contributed by atoms with Crippen LogP contribution in [0.1, 0.15) is 29.2 Å². The summed E-state index contributed by atoms with van der Waals surface area (Å²) in [4.78, 5) is 11.8. The van der Waals surface area contributed by atoms with Gasteiger partial charge in [0.05, 0.1) is 25.7 Å². The van der Waals surface area contributed by atoms with E-state index in [2.05, 4.69) is 5.32 Å². The summed E-state index contributed by atoms with van der Waals surface area (Å²) < 4.78 is 50.7. The van der Waals surface area contributed by atoms with Crippen molar-refractivity contribution in [1.29, 1.82) is 0 Å². The van der Waals surface area contributed by atoms with E-state index >= 15 is 0 Å². The Labute approximate surface area is 173 Å². The van der Waals surface area contributed by atoms with Crippen LogP contribution in [-0.4, -0.2) is 26.2 Å². The first-order chi connectivity index (χ1) is 13.3. The van der Waals surface area contributed by atoms with E-state index in [9.17, 15) is 18.0 Å². The van der Waals surface area contributed by atoms with Crippen molar-refractivity contribution in [3.05, 3.63) is 52.6 Å². The highest BCUT2D eigenvalue weighted by atomic mass is 35.5. The van der Waals surface area contributed by atoms with Gasteiger partial charge < -0.3 is 14.8 Å². The van der Waals surface area contributed by atoms with Gasteiger partial charge in [-0.25, -0.2) is 0 Å². The lowest BCUT2D eigenvalue weighted by Crippen LogP contribution is -2.27. The highest BCUT2D eigenvalue weighted by Crippen LogP contribution is 2.41. The van der Waals surface area contributed by atoms with Crippen molar-refractivity contribution >= 4 is 18.4 Å². The van der Waals surface area contributed by atoms with Crippen molar-refractivity contribution in [3.63, 3.8) is 0 Å². The van der Waals surface area contributed by atoms with E-state index in [4.69, 9.17) is 9.47 Å². The molecule has 0 atom stereocenters. The van der Waals surface area contributed by atoms with E-state index in [1.807, 2.05) is 0 Å². The van der Waals surface area contributed by atoms with E-state index in [0.717, 1.165) is 6.07 Å². The monoisotopic (exact) mass is 429 g/mol. The summed E-state index contributed by atoms with van der Waals surface area (Å²) in [5.74, 6) is 0.190. The Morgan fingerprint density at radius 2 is 1.90 bits per heavy atom. The zero-order chi connectivity index (χ0) is 20.3. The van der Waals surface area contributed by atoms with Crippen LogP contribution in [0.2, 0.25) is 0 Å². The molecule has 0 radical (unpaired) electrons. The summed E-state index contributed by atoms with van der Waals surface area (Å²) in [7, 11) is 1.51. The molecule has 0 unspecified atom stereocenters. The maximum absolute atomic E-state index is 13.4. The summed E-state index contributed by atoms with van der Waals surface area (Å²) in [5.41, 5.74) is 2.41. The minimum Gasteiger partial charge on any atom is -0.496 e. The molecule has 0 bridgehead atoms. The minimum atomic E-state index is -4.39. The van der Waals surface area contributed by atoms with Crippen molar-refractivity contribution in [2.45, 2.75) is 32.5 Å². The van der Waals surface area contributed by atoms with Crippen molar-refractivity contribution in [1.82, 2.24) is 5.32 Å². The molecule has 0 amide bonds. The van der Waals surface area contributed by atoms with Crippen LogP contribution in [0.4, 0.5) is 13.2 Å². The molecule has 1 heterocycles. The molecular weight excluding hydrogens is 407 g/mol. The number of esters is 1. The lowest BCUT2D eigenvalue weighted by molar-refractivity contribution is -0.142. The second kappa shape index (κ2) is 9.50. The van der Waals surface area contributed by atoms with Gasteiger partial charge in [0.25, 0.3) is 0 Å². The Balaban J connectivity index is 0.00000300. The lowest BCUT2D eigenvalue weighted by atomic mass is 9.87. The van der Waals surface area contributed by atoms with Crippen molar-refractivity contribution in [3.8, 4) is 16.9 Å². The van der Waals surface area contributed by atoms with Crippen LogP contribution in [0.3, 0.4) is 0 Å². The molecule has 0 fully saturated rings. The van der Waals surface area contributed by atoms with Gasteiger partial charge in [-0.05, 0) is 60.3 Å². The number of hydrogen-bond donors (Lipinski definition) is 1. The average Bonchev–Trinajstić information content (AvgIpc) is 2.66. The maximum atomic E-state index is 13.4. The van der Waals surface area contributed by atoms with Crippen molar-refractivity contribution in [2.75, 3.05) is 20.3 Å². The smallest absolute Gasteiger partial charge is 0.416 e. The number of rotatable bonds is 5. The lowest BCUT2D eigenvalue weighted by Gasteiger charge is -2.25. The fourth-order valence-electron chi connectivity index (χ4n) is 3.58. The van der Waals surface area contributed by atoms with Crippen molar-refractivity contribution < 1.29 is 27.4 Å². The molecule has 3 rings (SSSR count). The minimum absolute atomic E-state index is 0. The van der Waals surface area contributed by atoms with Gasteiger partial charge in [-0.3, -0.25) is 4.79 Å². The molecule has 29 heavy (non-hydrogen) atoms. The second-order valence-electron chi connectivity index (χ2n) is 6.56. The Hall–Kier alpha value is -2.25. The van der Waals surface area contributed by atoms with Crippen LogP contribution in [0.15, 0.2) is 30.3 Å². The highest BCUT2D eigenvalue weighted by Gasteiger charge is 2.35. The zero-order valence-electron chi connectivity index (χ0n) is 16.2. The molecular formula is C21H23ClF3NO3. The number of ether oxygens (including phenoxy) is 2. The summed E-state index contributed by atoms with van der Waals surface area (Å²) >= 11 is 0. The molecule has 2 aromatic carbocycles. The van der Waals surface area contributed by atoms with Crippen molar-refractivity contribution in [2.24, 2.45) is 0 Å². The number of halogens is 4. The van der Waals surface area contributed by atoms with Gasteiger partial charge in [0.15, 0.2) is 0 Å². The van der Waals surface area contributed by atoms with Gasteiger partial charge in [-0.2, -0.15) is 13.2 Å². The fraction of sp³-hybridized carbons (Fsp3) is 0.381. The topological polar surface area (TPSA) is 47.6 Å². The number of benzene rings is 2. The summed E-state index contributed by atoms with van der Waals surface area (Å²) in [6.45, 7) is 2.87. The molecule has 0 saturated carbocycles. The number of nitrogens with one attached hydrogen (secondary N) is 1. The predicted octanol–water partition coefficient (Wildman–Crippen LogP) is 4.55. The van der Waals surface area contributed by atoms with E-state index in [1.165, 1.54) is 13.2 Å². The van der Waals surface area contributed by atoms with Gasteiger partial charge in [0.2, 0.25) is 0 Å².